The van der Waals surface area contributed by atoms with E-state index in [-0.39, 0.29) is 22.9 Å². The highest BCUT2D eigenvalue weighted by molar-refractivity contribution is 5.93. The fraction of sp³-hybridized carbons (Fsp3) is 0.684. The number of carbonyl (C=O) groups excluding carboxylic acids is 2. The first-order valence-electron chi connectivity index (χ1n) is 9.82. The molecule has 3 aliphatic rings. The van der Waals surface area contributed by atoms with Gasteiger partial charge >= 0.3 is 6.03 Å². The molecule has 9 nitrogen and oxygen atoms in total. The van der Waals surface area contributed by atoms with Crippen LogP contribution >= 0.6 is 0 Å². The van der Waals surface area contributed by atoms with Crippen molar-refractivity contribution in [3.8, 4) is 0 Å². The molecule has 0 aliphatic carbocycles. The molecule has 9 heteroatoms. The quantitative estimate of drug-likeness (QED) is 0.677. The summed E-state index contributed by atoms with van der Waals surface area (Å²) < 4.78 is 7.25. The third-order valence-corrected chi connectivity index (χ3v) is 6.12. The molecule has 1 aromatic rings. The van der Waals surface area contributed by atoms with Gasteiger partial charge in [-0.05, 0) is 18.3 Å². The van der Waals surface area contributed by atoms with Gasteiger partial charge in [0.15, 0.2) is 0 Å². The smallest absolute Gasteiger partial charge is 0.319 e. The molecule has 1 aromatic heterocycles. The van der Waals surface area contributed by atoms with E-state index < -0.39 is 5.56 Å². The Hall–Kier alpha value is -2.42. The molecule has 4 heterocycles. The van der Waals surface area contributed by atoms with Crippen LogP contribution in [0.25, 0.3) is 0 Å². The van der Waals surface area contributed by atoms with Crippen molar-refractivity contribution in [2.24, 2.45) is 5.41 Å². The van der Waals surface area contributed by atoms with Crippen LogP contribution in [0.3, 0.4) is 0 Å². The Kier molecular flexibility index (Phi) is 4.86. The van der Waals surface area contributed by atoms with Gasteiger partial charge < -0.3 is 24.0 Å². The molecule has 2 saturated heterocycles. The first-order chi connectivity index (χ1) is 13.4. The van der Waals surface area contributed by atoms with E-state index in [0.717, 1.165) is 31.6 Å². The van der Waals surface area contributed by atoms with Gasteiger partial charge in [-0.1, -0.05) is 0 Å². The molecule has 0 unspecified atom stereocenters. The predicted molar refractivity (Wildman–Crippen MR) is 101 cm³/mol. The molecule has 3 aliphatic heterocycles. The fourth-order valence-electron chi connectivity index (χ4n) is 4.43. The van der Waals surface area contributed by atoms with E-state index in [2.05, 4.69) is 4.98 Å². The minimum Gasteiger partial charge on any atom is -0.378 e. The van der Waals surface area contributed by atoms with Crippen molar-refractivity contribution in [1.82, 2.24) is 24.3 Å². The molecule has 152 valence electrons. The Bertz CT molecular complexity index is 835. The molecule has 28 heavy (non-hydrogen) atoms. The third-order valence-electron chi connectivity index (χ3n) is 6.12. The lowest BCUT2D eigenvalue weighted by atomic mass is 9.77. The van der Waals surface area contributed by atoms with Crippen LogP contribution in [0, 0.1) is 5.41 Å². The summed E-state index contributed by atoms with van der Waals surface area (Å²) in [6, 6.07) is 0.0383. The van der Waals surface area contributed by atoms with E-state index in [1.807, 2.05) is 9.47 Å². The summed E-state index contributed by atoms with van der Waals surface area (Å²) in [6.45, 7) is 4.14. The van der Waals surface area contributed by atoms with Gasteiger partial charge in [-0.15, -0.1) is 0 Å². The second kappa shape index (κ2) is 7.20. The van der Waals surface area contributed by atoms with Gasteiger partial charge in [-0.3, -0.25) is 9.59 Å². The van der Waals surface area contributed by atoms with Crippen LogP contribution in [0.15, 0.2) is 11.0 Å². The average molecular weight is 389 g/mol. The van der Waals surface area contributed by atoms with Crippen LogP contribution in [0.4, 0.5) is 4.79 Å². The summed E-state index contributed by atoms with van der Waals surface area (Å²) >= 11 is 0. The zero-order valence-corrected chi connectivity index (χ0v) is 16.5. The van der Waals surface area contributed by atoms with Crippen LogP contribution in [-0.2, 0) is 17.7 Å². The fourth-order valence-corrected chi connectivity index (χ4v) is 4.43. The normalized spacial score (nSPS) is 20.9. The maximum absolute atomic E-state index is 12.7. The molecule has 4 rings (SSSR count). The van der Waals surface area contributed by atoms with Crippen LogP contribution in [-0.4, -0.2) is 89.7 Å². The van der Waals surface area contributed by atoms with E-state index in [0.29, 0.717) is 39.4 Å². The van der Waals surface area contributed by atoms with Gasteiger partial charge in [0.05, 0.1) is 13.2 Å². The second-order valence-electron chi connectivity index (χ2n) is 8.25. The molecule has 0 N–H and O–H groups in total. The van der Waals surface area contributed by atoms with Crippen LogP contribution in [0.1, 0.15) is 29.0 Å². The molecule has 2 fully saturated rings. The number of carbonyl (C=O) groups is 2. The van der Waals surface area contributed by atoms with Crippen molar-refractivity contribution in [3.63, 3.8) is 0 Å². The number of urea groups is 1. The van der Waals surface area contributed by atoms with Crippen LogP contribution in [0.5, 0.6) is 0 Å². The number of likely N-dealkylation sites (tertiary alicyclic amines) is 1. The van der Waals surface area contributed by atoms with Gasteiger partial charge in [0.25, 0.3) is 11.5 Å². The Morgan fingerprint density at radius 2 is 1.79 bits per heavy atom. The summed E-state index contributed by atoms with van der Waals surface area (Å²) in [6.07, 6.45) is 4.15. The standard InChI is InChI=1S/C19H27N5O4/c1-21(2)18(27)23-5-3-19(4-6-23)11-15-20-16(25)14(12-24(15)13-19)17(26)22-7-9-28-10-8-22/h12H,3-11,13H2,1-2H3. The lowest BCUT2D eigenvalue weighted by Crippen LogP contribution is -2.47. The first-order valence-corrected chi connectivity index (χ1v) is 9.82. The highest BCUT2D eigenvalue weighted by atomic mass is 16.5. The van der Waals surface area contributed by atoms with Crippen molar-refractivity contribution in [2.45, 2.75) is 25.8 Å². The summed E-state index contributed by atoms with van der Waals surface area (Å²) in [4.78, 5) is 46.8. The van der Waals surface area contributed by atoms with Crippen LogP contribution in [0.2, 0.25) is 0 Å². The highest BCUT2D eigenvalue weighted by Gasteiger charge is 2.42. The van der Waals surface area contributed by atoms with E-state index in [4.69, 9.17) is 4.74 Å². The summed E-state index contributed by atoms with van der Waals surface area (Å²) in [7, 11) is 3.53. The minimum absolute atomic E-state index is 0.0101. The topological polar surface area (TPSA) is 88.0 Å². The molecule has 0 atom stereocenters. The lowest BCUT2D eigenvalue weighted by molar-refractivity contribution is 0.0301. The monoisotopic (exact) mass is 389 g/mol. The Morgan fingerprint density at radius 3 is 2.43 bits per heavy atom. The van der Waals surface area contributed by atoms with Crippen molar-refractivity contribution >= 4 is 11.9 Å². The maximum Gasteiger partial charge on any atom is 0.319 e. The first kappa shape index (κ1) is 18.9. The largest absolute Gasteiger partial charge is 0.378 e. The molecule has 1 spiro atoms. The third kappa shape index (κ3) is 3.39. The van der Waals surface area contributed by atoms with E-state index in [9.17, 15) is 14.4 Å². The number of morpholine rings is 1. The number of nitrogens with zero attached hydrogens (tertiary/aromatic N) is 5. The predicted octanol–water partition coefficient (Wildman–Crippen LogP) is 0.0356. The van der Waals surface area contributed by atoms with E-state index in [1.165, 1.54) is 0 Å². The molecular weight excluding hydrogens is 362 g/mol. The van der Waals surface area contributed by atoms with Gasteiger partial charge in [0, 0.05) is 59.4 Å². The zero-order valence-electron chi connectivity index (χ0n) is 16.5. The molecule has 3 amide bonds. The van der Waals surface area contributed by atoms with Crippen molar-refractivity contribution in [1.29, 1.82) is 0 Å². The Labute approximate surface area is 163 Å². The Morgan fingerprint density at radius 1 is 1.11 bits per heavy atom. The number of aromatic nitrogens is 2. The number of piperidine rings is 1. The van der Waals surface area contributed by atoms with Crippen molar-refractivity contribution in [3.05, 3.63) is 27.9 Å². The lowest BCUT2D eigenvalue weighted by Gasteiger charge is -2.39. The van der Waals surface area contributed by atoms with E-state index >= 15 is 0 Å². The molecule has 0 aromatic carbocycles. The average Bonchev–Trinajstić information content (AvgIpc) is 3.03. The number of amides is 3. The summed E-state index contributed by atoms with van der Waals surface area (Å²) in [5.41, 5.74) is -0.293. The molecule has 0 radical (unpaired) electrons. The highest BCUT2D eigenvalue weighted by Crippen LogP contribution is 2.40. The molecule has 0 bridgehead atoms. The number of hydrogen-bond acceptors (Lipinski definition) is 5. The molecule has 0 saturated carbocycles. The van der Waals surface area contributed by atoms with Gasteiger partial charge in [-0.25, -0.2) is 4.79 Å². The second-order valence-corrected chi connectivity index (χ2v) is 8.25. The van der Waals surface area contributed by atoms with Crippen molar-refractivity contribution < 1.29 is 14.3 Å². The van der Waals surface area contributed by atoms with E-state index in [1.54, 1.807) is 30.1 Å². The Balaban J connectivity index is 1.49. The maximum atomic E-state index is 12.7. The number of hydrogen-bond donors (Lipinski definition) is 0. The minimum atomic E-state index is -0.444. The summed E-state index contributed by atoms with van der Waals surface area (Å²) in [5.74, 6) is 0.486. The molecular formula is C19H27N5O4. The van der Waals surface area contributed by atoms with Gasteiger partial charge in [0.2, 0.25) is 0 Å². The van der Waals surface area contributed by atoms with Crippen molar-refractivity contribution in [2.75, 3.05) is 53.5 Å². The van der Waals surface area contributed by atoms with Crippen LogP contribution < -0.4 is 5.56 Å². The number of rotatable bonds is 1. The van der Waals surface area contributed by atoms with Gasteiger partial charge in [-0.2, -0.15) is 4.98 Å². The number of fused-ring (bicyclic) bond motifs is 1. The van der Waals surface area contributed by atoms with Gasteiger partial charge in [0.1, 0.15) is 11.4 Å². The zero-order chi connectivity index (χ0) is 19.9. The number of ether oxygens (including phenoxy) is 1. The SMILES string of the molecule is CN(C)C(=O)N1CCC2(CC1)Cc1nc(=O)c(C(=O)N3CCOCC3)cn1C2. The summed E-state index contributed by atoms with van der Waals surface area (Å²) in [5, 5.41) is 0.